The Balaban J connectivity index is 3.17. The normalized spacial score (nSPS) is 10.6. The van der Waals surface area contributed by atoms with Gasteiger partial charge < -0.3 is 0 Å². The van der Waals surface area contributed by atoms with Crippen molar-refractivity contribution in [3.8, 4) is 0 Å². The van der Waals surface area contributed by atoms with Crippen LogP contribution in [0.1, 0.15) is 25.7 Å². The van der Waals surface area contributed by atoms with Gasteiger partial charge in [-0.2, -0.15) is 0 Å². The molecule has 0 aliphatic heterocycles. The van der Waals surface area contributed by atoms with Crippen molar-refractivity contribution in [3.05, 3.63) is 56.8 Å². The maximum atomic E-state index is 12.3. The van der Waals surface area contributed by atoms with Crippen molar-refractivity contribution in [1.82, 2.24) is 13.7 Å². The highest BCUT2D eigenvalue weighted by Gasteiger charge is 2.13. The van der Waals surface area contributed by atoms with Crippen molar-refractivity contribution in [1.29, 1.82) is 0 Å². The minimum atomic E-state index is -0.620. The van der Waals surface area contributed by atoms with Crippen LogP contribution in [-0.2, 0) is 19.6 Å². The van der Waals surface area contributed by atoms with Gasteiger partial charge in [-0.3, -0.25) is 0 Å². The van der Waals surface area contributed by atoms with E-state index in [0.717, 1.165) is 44.7 Å². The summed E-state index contributed by atoms with van der Waals surface area (Å²) in [6.07, 6.45) is 6.68. The molecule has 0 unspecified atom stereocenters. The highest BCUT2D eigenvalue weighted by atomic mass is 79.9. The number of halogens is 1. The van der Waals surface area contributed by atoms with E-state index in [1.54, 1.807) is 0 Å². The fraction of sp³-hybridized carbons (Fsp3) is 0.533. The van der Waals surface area contributed by atoms with E-state index in [0.29, 0.717) is 6.54 Å². The topological polar surface area (TPSA) is 66.0 Å². The molecule has 22 heavy (non-hydrogen) atoms. The van der Waals surface area contributed by atoms with Crippen LogP contribution in [0.25, 0.3) is 0 Å². The summed E-state index contributed by atoms with van der Waals surface area (Å²) in [5, 5.41) is 0.948. The van der Waals surface area contributed by atoms with E-state index in [2.05, 4.69) is 29.1 Å². The molecule has 0 amide bonds. The van der Waals surface area contributed by atoms with Crippen LogP contribution in [0, 0.1) is 0 Å². The van der Waals surface area contributed by atoms with Gasteiger partial charge in [0.05, 0.1) is 13.1 Å². The fourth-order valence-corrected chi connectivity index (χ4v) is 2.56. The maximum Gasteiger partial charge on any atom is 0.336 e. The van der Waals surface area contributed by atoms with Gasteiger partial charge in [0.1, 0.15) is 0 Å². The molecule has 0 aliphatic rings. The summed E-state index contributed by atoms with van der Waals surface area (Å²) >= 11 is 3.37. The third-order valence-corrected chi connectivity index (χ3v) is 3.83. The third-order valence-electron chi connectivity index (χ3n) is 3.27. The van der Waals surface area contributed by atoms with E-state index in [1.807, 2.05) is 0 Å². The summed E-state index contributed by atoms with van der Waals surface area (Å²) in [5.41, 5.74) is -1.77. The Labute approximate surface area is 137 Å². The molecule has 0 bridgehead atoms. The molecule has 1 heterocycles. The van der Waals surface area contributed by atoms with E-state index < -0.39 is 17.1 Å². The predicted molar refractivity (Wildman–Crippen MR) is 91.9 cm³/mol. The molecule has 7 heteroatoms. The summed E-state index contributed by atoms with van der Waals surface area (Å²) in [5.74, 6) is 0. The first-order chi connectivity index (χ1) is 10.6. The summed E-state index contributed by atoms with van der Waals surface area (Å²) < 4.78 is 3.18. The number of unbranched alkanes of at least 4 members (excludes halogenated alkanes) is 3. The lowest BCUT2D eigenvalue weighted by Gasteiger charge is -2.12. The first-order valence-corrected chi connectivity index (χ1v) is 8.42. The number of alkyl halides is 1. The molecule has 1 aromatic rings. The Morgan fingerprint density at radius 2 is 1.23 bits per heavy atom. The van der Waals surface area contributed by atoms with E-state index in [1.165, 1.54) is 12.2 Å². The minimum Gasteiger partial charge on any atom is -0.247 e. The molecule has 0 atom stereocenters. The summed E-state index contributed by atoms with van der Waals surface area (Å²) in [6.45, 7) is 7.56. The van der Waals surface area contributed by atoms with Crippen molar-refractivity contribution in [3.63, 3.8) is 0 Å². The van der Waals surface area contributed by atoms with Crippen molar-refractivity contribution < 1.29 is 0 Å². The molecule has 122 valence electrons. The van der Waals surface area contributed by atoms with Gasteiger partial charge in [-0.05, 0) is 12.8 Å². The van der Waals surface area contributed by atoms with Gasteiger partial charge in [-0.1, -0.05) is 40.9 Å². The summed E-state index contributed by atoms with van der Waals surface area (Å²) in [4.78, 5) is 36.8. The monoisotopic (exact) mass is 371 g/mol. The molecular weight excluding hydrogens is 350 g/mol. The molecular formula is C15H22BrN3O3. The molecule has 0 N–H and O–H groups in total. The van der Waals surface area contributed by atoms with Crippen molar-refractivity contribution in [2.24, 2.45) is 0 Å². The second-order valence-corrected chi connectivity index (χ2v) is 5.69. The van der Waals surface area contributed by atoms with E-state index in [-0.39, 0.29) is 13.1 Å². The molecule has 0 radical (unpaired) electrons. The first-order valence-electron chi connectivity index (χ1n) is 7.30. The molecule has 0 saturated carbocycles. The van der Waals surface area contributed by atoms with Gasteiger partial charge >= 0.3 is 17.1 Å². The highest BCUT2D eigenvalue weighted by Crippen LogP contribution is 2.02. The predicted octanol–water partition coefficient (Wildman–Crippen LogP) is 1.50. The number of rotatable bonds is 10. The second-order valence-electron chi connectivity index (χ2n) is 4.90. The Morgan fingerprint density at radius 1 is 0.773 bits per heavy atom. The van der Waals surface area contributed by atoms with Crippen LogP contribution in [-0.4, -0.2) is 19.0 Å². The zero-order chi connectivity index (χ0) is 16.5. The van der Waals surface area contributed by atoms with Crippen LogP contribution in [0.4, 0.5) is 0 Å². The first kappa shape index (κ1) is 18.4. The largest absolute Gasteiger partial charge is 0.336 e. The molecule has 0 aliphatic carbocycles. The molecule has 0 fully saturated rings. The lowest BCUT2D eigenvalue weighted by molar-refractivity contribution is 0.460. The summed E-state index contributed by atoms with van der Waals surface area (Å²) in [6, 6.07) is 0. The molecule has 0 spiro atoms. The van der Waals surface area contributed by atoms with Gasteiger partial charge in [-0.15, -0.1) is 13.2 Å². The van der Waals surface area contributed by atoms with E-state index in [9.17, 15) is 14.4 Å². The van der Waals surface area contributed by atoms with E-state index in [4.69, 9.17) is 0 Å². The fourth-order valence-electron chi connectivity index (χ4n) is 2.16. The molecule has 1 rings (SSSR count). The van der Waals surface area contributed by atoms with Crippen LogP contribution in [0.3, 0.4) is 0 Å². The minimum absolute atomic E-state index is 0.0820. The van der Waals surface area contributed by atoms with Crippen molar-refractivity contribution >= 4 is 15.9 Å². The Morgan fingerprint density at radius 3 is 1.68 bits per heavy atom. The van der Waals surface area contributed by atoms with E-state index >= 15 is 0 Å². The van der Waals surface area contributed by atoms with Crippen molar-refractivity contribution in [2.45, 2.75) is 45.3 Å². The van der Waals surface area contributed by atoms with Crippen LogP contribution in [0.5, 0.6) is 0 Å². The van der Waals surface area contributed by atoms with Gasteiger partial charge in [-0.25, -0.2) is 28.1 Å². The maximum absolute atomic E-state index is 12.3. The van der Waals surface area contributed by atoms with Gasteiger partial charge in [0.25, 0.3) is 0 Å². The number of allylic oxidation sites excluding steroid dienone is 2. The Hall–Kier alpha value is -1.63. The smallest absolute Gasteiger partial charge is 0.247 e. The zero-order valence-electron chi connectivity index (χ0n) is 12.7. The lowest BCUT2D eigenvalue weighted by atomic mass is 10.2. The Kier molecular flexibility index (Phi) is 7.87. The number of hydrogen-bond donors (Lipinski definition) is 0. The van der Waals surface area contributed by atoms with Crippen LogP contribution in [0.2, 0.25) is 0 Å². The number of hydrogen-bond acceptors (Lipinski definition) is 3. The van der Waals surface area contributed by atoms with Crippen molar-refractivity contribution in [2.75, 3.05) is 5.33 Å². The third kappa shape index (κ3) is 4.43. The van der Waals surface area contributed by atoms with Crippen LogP contribution >= 0.6 is 15.9 Å². The number of nitrogens with zero attached hydrogens (tertiary/aromatic N) is 3. The quantitative estimate of drug-likeness (QED) is 0.355. The summed E-state index contributed by atoms with van der Waals surface area (Å²) in [7, 11) is 0. The molecule has 0 saturated heterocycles. The molecule has 0 aromatic carbocycles. The zero-order valence-corrected chi connectivity index (χ0v) is 14.3. The van der Waals surface area contributed by atoms with Crippen LogP contribution < -0.4 is 17.1 Å². The van der Waals surface area contributed by atoms with Gasteiger partial charge in [0.15, 0.2) is 0 Å². The molecule has 1 aromatic heterocycles. The SMILES string of the molecule is C=CCn1c(=O)n(CC=C)c(=O)n(CCCCCCBr)c1=O. The Bertz CT molecular complexity index is 636. The second kappa shape index (κ2) is 9.40. The van der Waals surface area contributed by atoms with Crippen LogP contribution in [0.15, 0.2) is 39.7 Å². The lowest BCUT2D eigenvalue weighted by Crippen LogP contribution is -2.54. The van der Waals surface area contributed by atoms with Gasteiger partial charge in [0.2, 0.25) is 0 Å². The number of aromatic nitrogens is 3. The highest BCUT2D eigenvalue weighted by molar-refractivity contribution is 9.09. The van der Waals surface area contributed by atoms with Gasteiger partial charge in [0, 0.05) is 11.9 Å². The average molecular weight is 372 g/mol. The average Bonchev–Trinajstić information content (AvgIpc) is 2.51. The standard InChI is InChI=1S/C15H22BrN3O3/c1-3-10-17-13(20)18(11-4-2)15(22)19(14(17)21)12-8-6-5-7-9-16/h3-4H,1-2,5-12H2. The molecule has 6 nitrogen and oxygen atoms in total.